The molecule has 1 aliphatic rings. The van der Waals surface area contributed by atoms with Crippen LogP contribution < -0.4 is 5.32 Å². The van der Waals surface area contributed by atoms with Gasteiger partial charge in [-0.25, -0.2) is 4.98 Å². The fraction of sp³-hybridized carbons (Fsp3) is 0.786. The number of morpholine rings is 1. The SMILES string of the molecule is CNC(Cc1nccn1C)C(C)(C)N1CCOCC1. The number of imidazole rings is 1. The molecule has 0 amide bonds. The Balaban J connectivity index is 2.08. The molecule has 0 bridgehead atoms. The van der Waals surface area contributed by atoms with Crippen LogP contribution in [0.15, 0.2) is 12.4 Å². The molecule has 0 radical (unpaired) electrons. The largest absolute Gasteiger partial charge is 0.379 e. The maximum atomic E-state index is 5.45. The highest BCUT2D eigenvalue weighted by Crippen LogP contribution is 2.22. The lowest BCUT2D eigenvalue weighted by atomic mass is 9.89. The molecule has 1 saturated heterocycles. The maximum absolute atomic E-state index is 5.45. The summed E-state index contributed by atoms with van der Waals surface area (Å²) < 4.78 is 7.55. The van der Waals surface area contributed by atoms with Gasteiger partial charge in [0.25, 0.3) is 0 Å². The van der Waals surface area contributed by atoms with E-state index in [1.807, 2.05) is 19.4 Å². The molecule has 1 aliphatic heterocycles. The van der Waals surface area contributed by atoms with E-state index in [0.717, 1.165) is 38.5 Å². The second-order valence-electron chi connectivity index (χ2n) is 5.75. The van der Waals surface area contributed by atoms with Gasteiger partial charge in [-0.3, -0.25) is 4.90 Å². The van der Waals surface area contributed by atoms with Crippen LogP contribution in [0.5, 0.6) is 0 Å². The van der Waals surface area contributed by atoms with E-state index in [4.69, 9.17) is 4.74 Å². The van der Waals surface area contributed by atoms with Gasteiger partial charge in [0.05, 0.1) is 13.2 Å². The molecule has 5 heteroatoms. The lowest BCUT2D eigenvalue weighted by Gasteiger charge is -2.45. The highest BCUT2D eigenvalue weighted by molar-refractivity contribution is 5.02. The van der Waals surface area contributed by atoms with E-state index in [0.29, 0.717) is 6.04 Å². The van der Waals surface area contributed by atoms with Crippen molar-refractivity contribution >= 4 is 0 Å². The number of hydrogen-bond acceptors (Lipinski definition) is 4. The van der Waals surface area contributed by atoms with Crippen LogP contribution in [0, 0.1) is 0 Å². The van der Waals surface area contributed by atoms with Crippen molar-refractivity contribution in [2.24, 2.45) is 7.05 Å². The van der Waals surface area contributed by atoms with Gasteiger partial charge in [0, 0.05) is 50.5 Å². The topological polar surface area (TPSA) is 42.3 Å². The van der Waals surface area contributed by atoms with Gasteiger partial charge in [-0.15, -0.1) is 0 Å². The molecule has 2 rings (SSSR count). The molecule has 2 heterocycles. The van der Waals surface area contributed by atoms with Gasteiger partial charge in [0.15, 0.2) is 0 Å². The highest BCUT2D eigenvalue weighted by atomic mass is 16.5. The number of likely N-dealkylation sites (N-methyl/N-ethyl adjacent to an activating group) is 1. The average Bonchev–Trinajstić information content (AvgIpc) is 2.82. The van der Waals surface area contributed by atoms with Gasteiger partial charge in [-0.2, -0.15) is 0 Å². The predicted molar refractivity (Wildman–Crippen MR) is 76.2 cm³/mol. The number of aryl methyl sites for hydroxylation is 1. The van der Waals surface area contributed by atoms with Gasteiger partial charge in [-0.1, -0.05) is 0 Å². The minimum Gasteiger partial charge on any atom is -0.379 e. The number of hydrogen-bond donors (Lipinski definition) is 1. The first-order valence-corrected chi connectivity index (χ1v) is 7.02. The standard InChI is InChI=1S/C14H26N4O/c1-14(2,18-7-9-19-10-8-18)12(15-3)11-13-16-5-6-17(13)4/h5-6,12,15H,7-11H2,1-4H3. The Morgan fingerprint density at radius 1 is 1.42 bits per heavy atom. The number of nitrogens with one attached hydrogen (secondary N) is 1. The van der Waals surface area contributed by atoms with Crippen molar-refractivity contribution < 1.29 is 4.74 Å². The number of aromatic nitrogens is 2. The lowest BCUT2D eigenvalue weighted by molar-refractivity contribution is -0.0226. The Morgan fingerprint density at radius 3 is 2.63 bits per heavy atom. The smallest absolute Gasteiger partial charge is 0.109 e. The first-order chi connectivity index (χ1) is 9.05. The fourth-order valence-electron chi connectivity index (χ4n) is 2.84. The minimum absolute atomic E-state index is 0.0878. The molecule has 0 spiro atoms. The average molecular weight is 266 g/mol. The summed E-state index contributed by atoms with van der Waals surface area (Å²) in [6.07, 6.45) is 4.80. The van der Waals surface area contributed by atoms with Crippen LogP contribution in [-0.2, 0) is 18.2 Å². The van der Waals surface area contributed by atoms with E-state index in [-0.39, 0.29) is 5.54 Å². The summed E-state index contributed by atoms with van der Waals surface area (Å²) in [5.74, 6) is 1.13. The van der Waals surface area contributed by atoms with E-state index in [1.54, 1.807) is 0 Å². The summed E-state index contributed by atoms with van der Waals surface area (Å²) in [5, 5.41) is 3.47. The van der Waals surface area contributed by atoms with Crippen LogP contribution in [0.3, 0.4) is 0 Å². The second kappa shape index (κ2) is 6.03. The van der Waals surface area contributed by atoms with E-state index in [9.17, 15) is 0 Å². The Kier molecular flexibility index (Phi) is 4.60. The Labute approximate surface area is 116 Å². The van der Waals surface area contributed by atoms with Gasteiger partial charge < -0.3 is 14.6 Å². The Bertz CT molecular complexity index is 396. The summed E-state index contributed by atoms with van der Waals surface area (Å²) in [5.41, 5.74) is 0.0878. The first kappa shape index (κ1) is 14.5. The molecule has 1 atom stereocenters. The molecular formula is C14H26N4O. The van der Waals surface area contributed by atoms with Crippen molar-refractivity contribution in [2.45, 2.75) is 31.8 Å². The number of rotatable bonds is 5. The number of ether oxygens (including phenoxy) is 1. The van der Waals surface area contributed by atoms with Gasteiger partial charge in [-0.05, 0) is 20.9 Å². The van der Waals surface area contributed by atoms with Crippen molar-refractivity contribution in [3.63, 3.8) is 0 Å². The van der Waals surface area contributed by atoms with Crippen LogP contribution in [-0.4, -0.2) is 59.4 Å². The second-order valence-corrected chi connectivity index (χ2v) is 5.75. The summed E-state index contributed by atoms with van der Waals surface area (Å²) in [7, 11) is 4.09. The third-order valence-electron chi connectivity index (χ3n) is 4.34. The van der Waals surface area contributed by atoms with E-state index < -0.39 is 0 Å². The normalized spacial score (nSPS) is 19.6. The van der Waals surface area contributed by atoms with Crippen molar-refractivity contribution in [1.82, 2.24) is 19.8 Å². The summed E-state index contributed by atoms with van der Waals surface area (Å²) in [6.45, 7) is 8.30. The molecule has 0 saturated carbocycles. The van der Waals surface area contributed by atoms with Crippen LogP contribution >= 0.6 is 0 Å². The van der Waals surface area contributed by atoms with Crippen LogP contribution in [0.2, 0.25) is 0 Å². The molecule has 0 aliphatic carbocycles. The van der Waals surface area contributed by atoms with Crippen molar-refractivity contribution in [3.8, 4) is 0 Å². The lowest BCUT2D eigenvalue weighted by Crippen LogP contribution is -2.60. The summed E-state index contributed by atoms with van der Waals surface area (Å²) in [4.78, 5) is 6.96. The molecule has 1 aromatic rings. The van der Waals surface area contributed by atoms with E-state index in [1.165, 1.54) is 0 Å². The van der Waals surface area contributed by atoms with Crippen LogP contribution in [0.25, 0.3) is 0 Å². The van der Waals surface area contributed by atoms with Crippen LogP contribution in [0.1, 0.15) is 19.7 Å². The van der Waals surface area contributed by atoms with Gasteiger partial charge in [0.2, 0.25) is 0 Å². The quantitative estimate of drug-likeness (QED) is 0.850. The monoisotopic (exact) mass is 266 g/mol. The molecular weight excluding hydrogens is 240 g/mol. The third-order valence-corrected chi connectivity index (χ3v) is 4.34. The predicted octanol–water partition coefficient (Wildman–Crippen LogP) is 0.661. The maximum Gasteiger partial charge on any atom is 0.109 e. The molecule has 1 N–H and O–H groups in total. The number of nitrogens with zero attached hydrogens (tertiary/aromatic N) is 3. The molecule has 1 fully saturated rings. The zero-order valence-electron chi connectivity index (χ0n) is 12.5. The van der Waals surface area contributed by atoms with Gasteiger partial charge >= 0.3 is 0 Å². The fourth-order valence-corrected chi connectivity index (χ4v) is 2.84. The molecule has 1 unspecified atom stereocenters. The highest BCUT2D eigenvalue weighted by Gasteiger charge is 2.35. The zero-order chi connectivity index (χ0) is 13.9. The molecule has 1 aromatic heterocycles. The minimum atomic E-state index is 0.0878. The first-order valence-electron chi connectivity index (χ1n) is 7.02. The van der Waals surface area contributed by atoms with Crippen LogP contribution in [0.4, 0.5) is 0 Å². The van der Waals surface area contributed by atoms with Crippen molar-refractivity contribution in [2.75, 3.05) is 33.4 Å². The molecule has 5 nitrogen and oxygen atoms in total. The molecule has 0 aromatic carbocycles. The summed E-state index contributed by atoms with van der Waals surface area (Å²) in [6, 6.07) is 0.367. The van der Waals surface area contributed by atoms with Crippen molar-refractivity contribution in [1.29, 1.82) is 0 Å². The van der Waals surface area contributed by atoms with E-state index in [2.05, 4.69) is 40.7 Å². The third kappa shape index (κ3) is 3.16. The van der Waals surface area contributed by atoms with Gasteiger partial charge in [0.1, 0.15) is 5.82 Å². The molecule has 19 heavy (non-hydrogen) atoms. The summed E-state index contributed by atoms with van der Waals surface area (Å²) >= 11 is 0. The van der Waals surface area contributed by atoms with E-state index >= 15 is 0 Å². The molecule has 108 valence electrons. The van der Waals surface area contributed by atoms with Crippen molar-refractivity contribution in [3.05, 3.63) is 18.2 Å². The Morgan fingerprint density at radius 2 is 2.11 bits per heavy atom. The zero-order valence-corrected chi connectivity index (χ0v) is 12.5. The Hall–Kier alpha value is -0.910.